The monoisotopic (exact) mass is 398 g/mol. The predicted molar refractivity (Wildman–Crippen MR) is 99.9 cm³/mol. The molecule has 4 nitrogen and oxygen atoms in total. The van der Waals surface area contributed by atoms with Crippen molar-refractivity contribution in [1.82, 2.24) is 9.97 Å². The number of benzene rings is 2. The van der Waals surface area contributed by atoms with Gasteiger partial charge in [0.25, 0.3) is 0 Å². The number of hydrogen-bond acceptors (Lipinski definition) is 4. The Hall–Kier alpha value is -3.22. The van der Waals surface area contributed by atoms with Crippen LogP contribution in [0.5, 0.6) is 0 Å². The molecule has 3 unspecified atom stereocenters. The van der Waals surface area contributed by atoms with Crippen LogP contribution in [0.15, 0.2) is 67.0 Å². The van der Waals surface area contributed by atoms with Crippen LogP contribution < -0.4 is 0 Å². The second-order valence-corrected chi connectivity index (χ2v) is 6.93. The summed E-state index contributed by atoms with van der Waals surface area (Å²) in [5, 5.41) is 0. The van der Waals surface area contributed by atoms with E-state index in [1.807, 2.05) is 42.5 Å². The zero-order valence-electron chi connectivity index (χ0n) is 15.4. The molecule has 7 heteroatoms. The van der Waals surface area contributed by atoms with Gasteiger partial charge in [-0.3, -0.25) is 4.79 Å². The maximum Gasteiger partial charge on any atom is 0.419 e. The number of carbonyl (C=O) groups excluding carboxylic acids is 1. The molecule has 0 amide bonds. The van der Waals surface area contributed by atoms with Gasteiger partial charge < -0.3 is 4.74 Å². The van der Waals surface area contributed by atoms with Crippen molar-refractivity contribution in [2.75, 3.05) is 7.11 Å². The summed E-state index contributed by atoms with van der Waals surface area (Å²) in [5.41, 5.74) is 1.75. The van der Waals surface area contributed by atoms with Crippen LogP contribution in [0.3, 0.4) is 0 Å². The standard InChI is InChI=1S/C22H17F3N2O2/c1-29-21(28)19-17(13-5-3-2-4-6-13)18(19)14-7-9-15(10-8-14)20-26-11-16(12-27-20)22(23,24)25/h2-12,17-19H,1H3. The van der Waals surface area contributed by atoms with E-state index in [0.29, 0.717) is 5.56 Å². The maximum atomic E-state index is 12.7. The third-order valence-corrected chi connectivity index (χ3v) is 5.21. The van der Waals surface area contributed by atoms with Crippen LogP contribution in [0.25, 0.3) is 11.4 Å². The van der Waals surface area contributed by atoms with E-state index in [0.717, 1.165) is 23.5 Å². The Morgan fingerprint density at radius 2 is 1.45 bits per heavy atom. The number of methoxy groups -OCH3 is 1. The summed E-state index contributed by atoms with van der Waals surface area (Å²) in [5.74, 6) is -0.261. The van der Waals surface area contributed by atoms with E-state index < -0.39 is 11.7 Å². The molecule has 0 N–H and O–H groups in total. The lowest BCUT2D eigenvalue weighted by Gasteiger charge is -2.07. The van der Waals surface area contributed by atoms with Gasteiger partial charge in [0.2, 0.25) is 0 Å². The molecule has 3 atom stereocenters. The molecule has 1 fully saturated rings. The van der Waals surface area contributed by atoms with Crippen LogP contribution in [-0.4, -0.2) is 23.0 Å². The van der Waals surface area contributed by atoms with Crippen molar-refractivity contribution in [2.24, 2.45) is 5.92 Å². The lowest BCUT2D eigenvalue weighted by Crippen LogP contribution is -2.06. The summed E-state index contributed by atoms with van der Waals surface area (Å²) in [6.45, 7) is 0. The van der Waals surface area contributed by atoms with Gasteiger partial charge in [0, 0.05) is 29.8 Å². The quantitative estimate of drug-likeness (QED) is 0.591. The Labute approximate surface area is 165 Å². The predicted octanol–water partition coefficient (Wildman–Crippen LogP) is 4.83. The topological polar surface area (TPSA) is 52.1 Å². The van der Waals surface area contributed by atoms with Crippen LogP contribution in [0.1, 0.15) is 28.5 Å². The smallest absolute Gasteiger partial charge is 0.419 e. The van der Waals surface area contributed by atoms with E-state index in [4.69, 9.17) is 4.74 Å². The van der Waals surface area contributed by atoms with E-state index in [1.165, 1.54) is 7.11 Å². The minimum absolute atomic E-state index is 0.00702. The van der Waals surface area contributed by atoms with E-state index >= 15 is 0 Å². The number of ether oxygens (including phenoxy) is 1. The van der Waals surface area contributed by atoms with Gasteiger partial charge in [-0.15, -0.1) is 0 Å². The fourth-order valence-corrected chi connectivity index (χ4v) is 3.72. The van der Waals surface area contributed by atoms with Gasteiger partial charge in [-0.1, -0.05) is 54.6 Å². The van der Waals surface area contributed by atoms with Crippen LogP contribution in [0.4, 0.5) is 13.2 Å². The average Bonchev–Trinajstić information content (AvgIpc) is 3.49. The number of alkyl halides is 3. The first-order chi connectivity index (χ1) is 13.9. The van der Waals surface area contributed by atoms with Crippen LogP contribution in [0.2, 0.25) is 0 Å². The van der Waals surface area contributed by atoms with Gasteiger partial charge >= 0.3 is 12.1 Å². The van der Waals surface area contributed by atoms with Crippen molar-refractivity contribution in [3.8, 4) is 11.4 Å². The van der Waals surface area contributed by atoms with Crippen molar-refractivity contribution < 1.29 is 22.7 Å². The Kier molecular flexibility index (Phi) is 4.82. The highest BCUT2D eigenvalue weighted by molar-refractivity contribution is 5.80. The number of aromatic nitrogens is 2. The van der Waals surface area contributed by atoms with E-state index in [9.17, 15) is 18.0 Å². The molecule has 1 heterocycles. The van der Waals surface area contributed by atoms with Gasteiger partial charge in [0.15, 0.2) is 5.82 Å². The summed E-state index contributed by atoms with van der Waals surface area (Å²) in [6.07, 6.45) is -2.92. The van der Waals surface area contributed by atoms with Crippen molar-refractivity contribution in [3.63, 3.8) is 0 Å². The number of esters is 1. The molecular weight excluding hydrogens is 381 g/mol. The molecule has 0 bridgehead atoms. The molecule has 0 radical (unpaired) electrons. The largest absolute Gasteiger partial charge is 0.469 e. The number of carbonyl (C=O) groups is 1. The summed E-state index contributed by atoms with van der Waals surface area (Å²) < 4.78 is 42.9. The molecule has 3 aromatic rings. The summed E-state index contributed by atoms with van der Waals surface area (Å²) in [6, 6.07) is 17.0. The summed E-state index contributed by atoms with van der Waals surface area (Å²) >= 11 is 0. The third-order valence-electron chi connectivity index (χ3n) is 5.21. The molecule has 2 aromatic carbocycles. The van der Waals surface area contributed by atoms with E-state index in [2.05, 4.69) is 9.97 Å². The first kappa shape index (κ1) is 19.1. The zero-order valence-corrected chi connectivity index (χ0v) is 15.4. The fraction of sp³-hybridized carbons (Fsp3) is 0.227. The van der Waals surface area contributed by atoms with Crippen molar-refractivity contribution in [2.45, 2.75) is 18.0 Å². The molecule has 1 saturated carbocycles. The molecule has 0 aliphatic heterocycles. The molecular formula is C22H17F3N2O2. The second kappa shape index (κ2) is 7.31. The van der Waals surface area contributed by atoms with Crippen molar-refractivity contribution >= 4 is 5.97 Å². The van der Waals surface area contributed by atoms with Crippen LogP contribution >= 0.6 is 0 Å². The molecule has 1 aliphatic rings. The first-order valence-corrected chi connectivity index (χ1v) is 9.02. The SMILES string of the molecule is COC(=O)C1C(c2ccccc2)C1c1ccc(-c2ncc(C(F)(F)F)cn2)cc1. The third kappa shape index (κ3) is 3.72. The molecule has 4 rings (SSSR count). The molecule has 0 spiro atoms. The maximum absolute atomic E-state index is 12.7. The van der Waals surface area contributed by atoms with E-state index in [1.54, 1.807) is 12.1 Å². The zero-order chi connectivity index (χ0) is 20.6. The minimum atomic E-state index is -4.47. The Morgan fingerprint density at radius 1 is 0.897 bits per heavy atom. The summed E-state index contributed by atoms with van der Waals surface area (Å²) in [4.78, 5) is 19.8. The van der Waals surface area contributed by atoms with Gasteiger partial charge in [-0.05, 0) is 11.1 Å². The lowest BCUT2D eigenvalue weighted by molar-refractivity contribution is -0.142. The minimum Gasteiger partial charge on any atom is -0.469 e. The van der Waals surface area contributed by atoms with Crippen LogP contribution in [-0.2, 0) is 15.7 Å². The lowest BCUT2D eigenvalue weighted by atomic mass is 10.0. The molecule has 0 saturated heterocycles. The van der Waals surface area contributed by atoms with Gasteiger partial charge in [0.1, 0.15) is 0 Å². The molecule has 1 aliphatic carbocycles. The number of rotatable bonds is 4. The Bertz CT molecular complexity index is 1000. The summed E-state index contributed by atoms with van der Waals surface area (Å²) in [7, 11) is 1.38. The van der Waals surface area contributed by atoms with Crippen LogP contribution in [0, 0.1) is 5.92 Å². The van der Waals surface area contributed by atoms with Crippen molar-refractivity contribution in [3.05, 3.63) is 83.7 Å². The Morgan fingerprint density at radius 3 is 1.97 bits per heavy atom. The first-order valence-electron chi connectivity index (χ1n) is 9.02. The van der Waals surface area contributed by atoms with E-state index in [-0.39, 0.29) is 29.5 Å². The second-order valence-electron chi connectivity index (χ2n) is 6.93. The highest BCUT2D eigenvalue weighted by atomic mass is 19.4. The Balaban J connectivity index is 1.58. The van der Waals surface area contributed by atoms with Gasteiger partial charge in [0.05, 0.1) is 18.6 Å². The molecule has 148 valence electrons. The molecule has 1 aromatic heterocycles. The highest BCUT2D eigenvalue weighted by Crippen LogP contribution is 2.60. The number of nitrogens with zero attached hydrogens (tertiary/aromatic N) is 2. The van der Waals surface area contributed by atoms with Gasteiger partial charge in [-0.25, -0.2) is 9.97 Å². The van der Waals surface area contributed by atoms with Gasteiger partial charge in [-0.2, -0.15) is 13.2 Å². The van der Waals surface area contributed by atoms with Crippen molar-refractivity contribution in [1.29, 1.82) is 0 Å². The number of halogens is 3. The number of hydrogen-bond donors (Lipinski definition) is 0. The molecule has 29 heavy (non-hydrogen) atoms. The fourth-order valence-electron chi connectivity index (χ4n) is 3.72. The normalized spacial score (nSPS) is 20.9. The average molecular weight is 398 g/mol. The highest BCUT2D eigenvalue weighted by Gasteiger charge is 2.56.